The topological polar surface area (TPSA) is 0 Å². The highest BCUT2D eigenvalue weighted by Gasteiger charge is 2.36. The number of hydrogen-bond donors (Lipinski definition) is 0. The van der Waals surface area contributed by atoms with Crippen molar-refractivity contribution in [3.8, 4) is 11.8 Å². The van der Waals surface area contributed by atoms with E-state index in [0.717, 1.165) is 0 Å². The van der Waals surface area contributed by atoms with Gasteiger partial charge in [-0.05, 0) is 13.3 Å². The smallest absolute Gasteiger partial charge is 0.170 e. The Morgan fingerprint density at radius 3 is 2.00 bits per heavy atom. The Morgan fingerprint density at radius 2 is 1.90 bits per heavy atom. The van der Waals surface area contributed by atoms with Crippen molar-refractivity contribution in [1.82, 2.24) is 0 Å². The van der Waals surface area contributed by atoms with Crippen molar-refractivity contribution >= 4 is 0 Å². The fourth-order valence-corrected chi connectivity index (χ4v) is 0.590. The van der Waals surface area contributed by atoms with Gasteiger partial charge in [0.25, 0.3) is 0 Å². The molecule has 0 spiro atoms. The quantitative estimate of drug-likeness (QED) is 0.504. The highest BCUT2D eigenvalue weighted by molar-refractivity contribution is 5.03. The van der Waals surface area contributed by atoms with Crippen molar-refractivity contribution in [2.75, 3.05) is 0 Å². The molecule has 0 rings (SSSR count). The van der Waals surface area contributed by atoms with Crippen molar-refractivity contribution in [2.24, 2.45) is 5.92 Å². The van der Waals surface area contributed by atoms with Crippen LogP contribution in [-0.2, 0) is 0 Å². The van der Waals surface area contributed by atoms with Gasteiger partial charge in [-0.2, -0.15) is 13.2 Å². The van der Waals surface area contributed by atoms with Crippen LogP contribution in [0.15, 0.2) is 0 Å². The average molecular weight is 150 g/mol. The Morgan fingerprint density at radius 1 is 1.40 bits per heavy atom. The number of rotatable bonds is 1. The molecule has 0 bridgehead atoms. The molecule has 0 saturated heterocycles. The Balaban J connectivity index is 4.17. The Labute approximate surface area is 58.4 Å². The van der Waals surface area contributed by atoms with Crippen molar-refractivity contribution in [3.05, 3.63) is 0 Å². The van der Waals surface area contributed by atoms with Crippen LogP contribution < -0.4 is 0 Å². The normalized spacial score (nSPS) is 13.7. The monoisotopic (exact) mass is 150 g/mol. The Bertz CT molecular complexity index is 146. The lowest BCUT2D eigenvalue weighted by molar-refractivity contribution is -0.158. The van der Waals surface area contributed by atoms with Gasteiger partial charge in [0.15, 0.2) is 0 Å². The molecule has 0 heterocycles. The van der Waals surface area contributed by atoms with Crippen LogP contribution in [0.4, 0.5) is 13.2 Å². The molecule has 0 amide bonds. The van der Waals surface area contributed by atoms with Crippen molar-refractivity contribution in [1.29, 1.82) is 0 Å². The summed E-state index contributed by atoms with van der Waals surface area (Å²) in [4.78, 5) is 0. The minimum absolute atomic E-state index is 0.0321. The molecule has 0 N–H and O–H groups in total. The van der Waals surface area contributed by atoms with E-state index in [1.807, 2.05) is 0 Å². The van der Waals surface area contributed by atoms with Crippen molar-refractivity contribution in [3.63, 3.8) is 0 Å². The van der Waals surface area contributed by atoms with E-state index in [4.69, 9.17) is 0 Å². The second-order valence-corrected chi connectivity index (χ2v) is 1.90. The van der Waals surface area contributed by atoms with E-state index >= 15 is 0 Å². The predicted octanol–water partition coefficient (Wildman–Crippen LogP) is 2.60. The zero-order valence-corrected chi connectivity index (χ0v) is 5.92. The molecule has 3 heteroatoms. The van der Waals surface area contributed by atoms with Gasteiger partial charge in [-0.15, -0.1) is 5.92 Å². The highest BCUT2D eigenvalue weighted by atomic mass is 19.4. The molecule has 10 heavy (non-hydrogen) atoms. The van der Waals surface area contributed by atoms with Crippen LogP contribution in [0.25, 0.3) is 0 Å². The summed E-state index contributed by atoms with van der Waals surface area (Å²) < 4.78 is 35.4. The lowest BCUT2D eigenvalue weighted by atomic mass is 10.1. The molecule has 0 aliphatic rings. The molecule has 0 aromatic carbocycles. The third-order valence-corrected chi connectivity index (χ3v) is 1.12. The van der Waals surface area contributed by atoms with Crippen LogP contribution in [0.2, 0.25) is 0 Å². The van der Waals surface area contributed by atoms with Crippen LogP contribution in [0.3, 0.4) is 0 Å². The van der Waals surface area contributed by atoms with Crippen LogP contribution >= 0.6 is 0 Å². The van der Waals surface area contributed by atoms with E-state index in [0.29, 0.717) is 0 Å². The van der Waals surface area contributed by atoms with E-state index in [2.05, 4.69) is 11.8 Å². The molecule has 0 aliphatic carbocycles. The predicted molar refractivity (Wildman–Crippen MR) is 33.3 cm³/mol. The van der Waals surface area contributed by atoms with Gasteiger partial charge in [0.1, 0.15) is 5.92 Å². The SMILES string of the molecule is CC#CC(CC)C(F)(F)F. The molecule has 0 nitrogen and oxygen atoms in total. The summed E-state index contributed by atoms with van der Waals surface area (Å²) in [6, 6.07) is 0. The minimum Gasteiger partial charge on any atom is -0.170 e. The van der Waals surface area contributed by atoms with Gasteiger partial charge in [0.2, 0.25) is 0 Å². The van der Waals surface area contributed by atoms with E-state index in [-0.39, 0.29) is 6.42 Å². The molecule has 1 atom stereocenters. The van der Waals surface area contributed by atoms with Crippen molar-refractivity contribution < 1.29 is 13.2 Å². The second kappa shape index (κ2) is 3.50. The first-order valence-corrected chi connectivity index (χ1v) is 3.01. The summed E-state index contributed by atoms with van der Waals surface area (Å²) in [7, 11) is 0. The summed E-state index contributed by atoms with van der Waals surface area (Å²) in [5.41, 5.74) is 0. The highest BCUT2D eigenvalue weighted by Crippen LogP contribution is 2.27. The Hall–Kier alpha value is -0.650. The van der Waals surface area contributed by atoms with Crippen LogP contribution in [0.5, 0.6) is 0 Å². The van der Waals surface area contributed by atoms with Gasteiger partial charge in [-0.1, -0.05) is 12.8 Å². The van der Waals surface area contributed by atoms with E-state index < -0.39 is 12.1 Å². The van der Waals surface area contributed by atoms with Crippen molar-refractivity contribution in [2.45, 2.75) is 26.4 Å². The van der Waals surface area contributed by atoms with Gasteiger partial charge in [-0.25, -0.2) is 0 Å². The van der Waals surface area contributed by atoms with Gasteiger partial charge < -0.3 is 0 Å². The number of halogens is 3. The molecule has 1 unspecified atom stereocenters. The first-order valence-electron chi connectivity index (χ1n) is 3.01. The zero-order chi connectivity index (χ0) is 8.20. The first-order chi connectivity index (χ1) is 4.52. The third kappa shape index (κ3) is 2.77. The number of alkyl halides is 3. The summed E-state index contributed by atoms with van der Waals surface area (Å²) in [6.07, 6.45) is -4.12. The summed E-state index contributed by atoms with van der Waals surface area (Å²) >= 11 is 0. The van der Waals surface area contributed by atoms with E-state index in [1.165, 1.54) is 13.8 Å². The van der Waals surface area contributed by atoms with Crippen LogP contribution in [-0.4, -0.2) is 6.18 Å². The maximum Gasteiger partial charge on any atom is 0.402 e. The fraction of sp³-hybridized carbons (Fsp3) is 0.714. The maximum atomic E-state index is 11.8. The molecular formula is C7H9F3. The molecule has 0 aromatic heterocycles. The zero-order valence-electron chi connectivity index (χ0n) is 5.92. The molecule has 0 fully saturated rings. The molecule has 0 aliphatic heterocycles. The minimum atomic E-state index is -4.16. The van der Waals surface area contributed by atoms with Gasteiger partial charge >= 0.3 is 6.18 Å². The standard InChI is InChI=1S/C7H9F3/c1-3-5-6(4-2)7(8,9)10/h6H,4H2,1-2H3. The molecule has 0 saturated carbocycles. The molecular weight excluding hydrogens is 141 g/mol. The van der Waals surface area contributed by atoms with Gasteiger partial charge in [-0.3, -0.25) is 0 Å². The lowest BCUT2D eigenvalue weighted by Crippen LogP contribution is -2.20. The lowest BCUT2D eigenvalue weighted by Gasteiger charge is -2.11. The van der Waals surface area contributed by atoms with Gasteiger partial charge in [0.05, 0.1) is 0 Å². The molecule has 58 valence electrons. The van der Waals surface area contributed by atoms with E-state index in [1.54, 1.807) is 0 Å². The second-order valence-electron chi connectivity index (χ2n) is 1.90. The summed E-state index contributed by atoms with van der Waals surface area (Å²) in [5.74, 6) is 2.91. The van der Waals surface area contributed by atoms with Crippen LogP contribution in [0.1, 0.15) is 20.3 Å². The largest absolute Gasteiger partial charge is 0.402 e. The molecule has 0 radical (unpaired) electrons. The first kappa shape index (κ1) is 9.35. The van der Waals surface area contributed by atoms with Crippen LogP contribution in [0, 0.1) is 17.8 Å². The summed E-state index contributed by atoms with van der Waals surface area (Å²) in [5, 5.41) is 0. The maximum absolute atomic E-state index is 11.8. The number of hydrogen-bond acceptors (Lipinski definition) is 0. The van der Waals surface area contributed by atoms with Gasteiger partial charge in [0, 0.05) is 0 Å². The third-order valence-electron chi connectivity index (χ3n) is 1.12. The molecule has 0 aromatic rings. The van der Waals surface area contributed by atoms with E-state index in [9.17, 15) is 13.2 Å². The summed E-state index contributed by atoms with van der Waals surface area (Å²) in [6.45, 7) is 2.89. The Kier molecular flexibility index (Phi) is 3.27. The average Bonchev–Trinajstić information content (AvgIpc) is 1.80. The fourth-order valence-electron chi connectivity index (χ4n) is 0.590.